The summed E-state index contributed by atoms with van der Waals surface area (Å²) in [5.74, 6) is 2.36. The van der Waals surface area contributed by atoms with Crippen LogP contribution in [0.25, 0.3) is 24.3 Å². The van der Waals surface area contributed by atoms with Gasteiger partial charge in [-0.2, -0.15) is 0 Å². The molecule has 6 heteroatoms. The van der Waals surface area contributed by atoms with Crippen molar-refractivity contribution in [1.29, 1.82) is 0 Å². The van der Waals surface area contributed by atoms with E-state index in [1.165, 1.54) is 58.0 Å². The monoisotopic (exact) mass is 624 g/mol. The quantitative estimate of drug-likeness (QED) is 0.0665. The third-order valence-electron chi connectivity index (χ3n) is 7.69. The van der Waals surface area contributed by atoms with Crippen LogP contribution in [0.1, 0.15) is 48.9 Å². The van der Waals surface area contributed by atoms with Gasteiger partial charge in [-0.15, -0.1) is 0 Å². The maximum absolute atomic E-state index is 2.36. The van der Waals surface area contributed by atoms with Gasteiger partial charge in [-0.1, -0.05) is 70.2 Å². The Labute approximate surface area is 273 Å². The molecule has 2 heterocycles. The Balaban J connectivity index is 1.06. The molecular formula is C38H48N4S2+2. The number of nitrogens with zero attached hydrogens (tertiary/aromatic N) is 4. The second-order valence-corrected chi connectivity index (χ2v) is 13.7. The van der Waals surface area contributed by atoms with Crippen LogP contribution in [0.3, 0.4) is 0 Å². The van der Waals surface area contributed by atoms with Crippen LogP contribution in [-0.2, 0) is 13.1 Å². The van der Waals surface area contributed by atoms with E-state index in [1.54, 1.807) is 0 Å². The molecule has 0 aliphatic carbocycles. The zero-order valence-electron chi connectivity index (χ0n) is 26.8. The molecule has 0 radical (unpaired) electrons. The fraction of sp³-hybridized carbons (Fsp3) is 0.316. The maximum Gasteiger partial charge on any atom is 0.169 e. The summed E-state index contributed by atoms with van der Waals surface area (Å²) in [5.41, 5.74) is 7.45. The lowest BCUT2D eigenvalue weighted by Crippen LogP contribution is -2.30. The van der Waals surface area contributed by atoms with Crippen molar-refractivity contribution in [2.45, 2.75) is 39.8 Å². The Morgan fingerprint density at radius 2 is 0.818 bits per heavy atom. The number of hydrogen-bond donors (Lipinski definition) is 0. The minimum atomic E-state index is 0.999. The average Bonchev–Trinajstić information content (AvgIpc) is 3.08. The molecule has 4 aromatic rings. The summed E-state index contributed by atoms with van der Waals surface area (Å²) < 4.78 is 4.35. The highest BCUT2D eigenvalue weighted by Crippen LogP contribution is 2.24. The van der Waals surface area contributed by atoms with Gasteiger partial charge in [0.15, 0.2) is 24.8 Å². The van der Waals surface area contributed by atoms with Gasteiger partial charge in [0, 0.05) is 74.3 Å². The van der Waals surface area contributed by atoms with E-state index in [1.807, 2.05) is 21.6 Å². The molecule has 2 aromatic heterocycles. The normalized spacial score (nSPS) is 11.5. The van der Waals surface area contributed by atoms with Gasteiger partial charge in [0.05, 0.1) is 0 Å². The highest BCUT2D eigenvalue weighted by Gasteiger charge is 2.03. The summed E-state index contributed by atoms with van der Waals surface area (Å²) in [6.07, 6.45) is 19.6. The Bertz CT molecular complexity index is 1320. The van der Waals surface area contributed by atoms with Gasteiger partial charge >= 0.3 is 0 Å². The van der Waals surface area contributed by atoms with E-state index in [0.717, 1.165) is 26.2 Å². The second kappa shape index (κ2) is 18.4. The number of benzene rings is 2. The first kappa shape index (κ1) is 33.4. The van der Waals surface area contributed by atoms with Crippen LogP contribution in [0.15, 0.2) is 97.6 Å². The van der Waals surface area contributed by atoms with E-state index in [4.69, 9.17) is 0 Å². The highest BCUT2D eigenvalue weighted by molar-refractivity contribution is 8.76. The molecule has 4 rings (SSSR count). The van der Waals surface area contributed by atoms with E-state index in [2.05, 4.69) is 169 Å². The lowest BCUT2D eigenvalue weighted by atomic mass is 10.1. The van der Waals surface area contributed by atoms with Crippen molar-refractivity contribution in [3.05, 3.63) is 120 Å². The first-order valence-electron chi connectivity index (χ1n) is 15.7. The molecule has 0 aliphatic rings. The van der Waals surface area contributed by atoms with Gasteiger partial charge in [-0.3, -0.25) is 0 Å². The van der Waals surface area contributed by atoms with E-state index >= 15 is 0 Å². The molecule has 2 aromatic carbocycles. The summed E-state index contributed by atoms with van der Waals surface area (Å²) >= 11 is 0. The third-order valence-corrected chi connectivity index (χ3v) is 10.3. The highest BCUT2D eigenvalue weighted by atomic mass is 33.1. The number of rotatable bonds is 17. The van der Waals surface area contributed by atoms with Crippen molar-refractivity contribution in [3.8, 4) is 0 Å². The number of hydrogen-bond acceptors (Lipinski definition) is 4. The minimum Gasteiger partial charge on any atom is -0.375 e. The first-order valence-corrected chi connectivity index (χ1v) is 18.2. The molecule has 0 unspecified atom stereocenters. The van der Waals surface area contributed by atoms with E-state index in [9.17, 15) is 0 Å². The van der Waals surface area contributed by atoms with Crippen molar-refractivity contribution in [3.63, 3.8) is 0 Å². The average molecular weight is 625 g/mol. The summed E-state index contributed by atoms with van der Waals surface area (Å²) in [6.45, 7) is 8.45. The van der Waals surface area contributed by atoms with Gasteiger partial charge in [0.1, 0.15) is 13.1 Å². The van der Waals surface area contributed by atoms with Gasteiger partial charge in [0.2, 0.25) is 0 Å². The van der Waals surface area contributed by atoms with Gasteiger partial charge in [0.25, 0.3) is 0 Å². The van der Waals surface area contributed by atoms with Crippen LogP contribution >= 0.6 is 21.6 Å². The van der Waals surface area contributed by atoms with Crippen molar-refractivity contribution in [2.24, 2.45) is 0 Å². The van der Waals surface area contributed by atoms with E-state index in [0.29, 0.717) is 0 Å². The standard InChI is InChI=1S/C38H48N4S2/c1-5-41-27-21-35(22-28-41)11-9-33-13-17-37(18-14-33)39(3)25-7-31-43-44-32-8-26-40(4)38-19-15-34(16-20-38)10-12-36-23-29-42(6-2)30-24-36/h9-24,27-30H,5-8,25-26,31-32H2,1-4H3/q+2. The van der Waals surface area contributed by atoms with Crippen LogP contribution in [0, 0.1) is 0 Å². The SMILES string of the molecule is CC[n+]1ccc(C=Cc2ccc(N(C)CCCSSCCCN(C)c3ccc(C=Cc4cc[n+](CC)cc4)cc3)cc2)cc1. The maximum atomic E-state index is 2.36. The topological polar surface area (TPSA) is 14.2 Å². The number of pyridine rings is 2. The molecule has 0 amide bonds. The predicted octanol–water partition coefficient (Wildman–Crippen LogP) is 8.38. The Morgan fingerprint density at radius 3 is 1.14 bits per heavy atom. The zero-order valence-corrected chi connectivity index (χ0v) is 28.4. The molecule has 0 N–H and O–H groups in total. The molecule has 4 nitrogen and oxygen atoms in total. The minimum absolute atomic E-state index is 0.999. The summed E-state index contributed by atoms with van der Waals surface area (Å²) in [7, 11) is 8.40. The van der Waals surface area contributed by atoms with Gasteiger partial charge < -0.3 is 9.80 Å². The predicted molar refractivity (Wildman–Crippen MR) is 196 cm³/mol. The molecule has 0 saturated heterocycles. The summed E-state index contributed by atoms with van der Waals surface area (Å²) in [5, 5.41) is 0. The van der Waals surface area contributed by atoms with E-state index in [-0.39, 0.29) is 0 Å². The second-order valence-electron chi connectivity index (χ2n) is 11.0. The van der Waals surface area contributed by atoms with Gasteiger partial charge in [-0.25, -0.2) is 9.13 Å². The Hall–Kier alpha value is -3.48. The largest absolute Gasteiger partial charge is 0.375 e. The first-order chi connectivity index (χ1) is 21.5. The molecular weight excluding hydrogens is 577 g/mol. The molecule has 0 aliphatic heterocycles. The van der Waals surface area contributed by atoms with Crippen molar-refractivity contribution < 1.29 is 9.13 Å². The van der Waals surface area contributed by atoms with E-state index < -0.39 is 0 Å². The van der Waals surface area contributed by atoms with Crippen molar-refractivity contribution in [2.75, 3.05) is 48.5 Å². The molecule has 0 fully saturated rings. The van der Waals surface area contributed by atoms with Gasteiger partial charge in [-0.05, 0) is 73.2 Å². The Morgan fingerprint density at radius 1 is 0.500 bits per heavy atom. The molecule has 0 spiro atoms. The smallest absolute Gasteiger partial charge is 0.169 e. The number of anilines is 2. The van der Waals surface area contributed by atoms with Crippen LogP contribution in [0.4, 0.5) is 11.4 Å². The van der Waals surface area contributed by atoms with Crippen LogP contribution < -0.4 is 18.9 Å². The molecule has 0 bridgehead atoms. The summed E-state index contributed by atoms with van der Waals surface area (Å²) in [4.78, 5) is 4.72. The van der Waals surface area contributed by atoms with Crippen LogP contribution in [0.5, 0.6) is 0 Å². The lowest BCUT2D eigenvalue weighted by Gasteiger charge is -2.20. The van der Waals surface area contributed by atoms with Crippen molar-refractivity contribution >= 4 is 57.3 Å². The molecule has 230 valence electrons. The Kier molecular flexibility index (Phi) is 13.9. The summed E-state index contributed by atoms with van der Waals surface area (Å²) in [6, 6.07) is 26.4. The lowest BCUT2D eigenvalue weighted by molar-refractivity contribution is -0.693. The molecule has 44 heavy (non-hydrogen) atoms. The van der Waals surface area contributed by atoms with Crippen LogP contribution in [0.2, 0.25) is 0 Å². The molecule has 0 saturated carbocycles. The fourth-order valence-electron chi connectivity index (χ4n) is 4.74. The number of aromatic nitrogens is 2. The zero-order chi connectivity index (χ0) is 31.0. The number of aryl methyl sites for hydroxylation is 2. The van der Waals surface area contributed by atoms with Crippen molar-refractivity contribution in [1.82, 2.24) is 0 Å². The third kappa shape index (κ3) is 11.2. The van der Waals surface area contributed by atoms with Crippen LogP contribution in [-0.4, -0.2) is 38.7 Å². The fourth-order valence-corrected chi connectivity index (χ4v) is 6.89. The molecule has 0 atom stereocenters.